The molecule has 0 radical (unpaired) electrons. The molecule has 0 aromatic rings. The van der Waals surface area contributed by atoms with E-state index in [4.69, 9.17) is 20.1 Å². The lowest BCUT2D eigenvalue weighted by molar-refractivity contribution is 0.225. The highest BCUT2D eigenvalue weighted by Crippen LogP contribution is 1.97. The first-order valence-corrected chi connectivity index (χ1v) is 4.39. The predicted octanol–water partition coefficient (Wildman–Crippen LogP) is -1.75. The summed E-state index contributed by atoms with van der Waals surface area (Å²) in [5.74, 6) is 0. The second-order valence-electron chi connectivity index (χ2n) is 1.96. The molecule has 1 unspecified atom stereocenters. The van der Waals surface area contributed by atoms with Crippen molar-refractivity contribution >= 4 is 8.80 Å². The highest BCUT2D eigenvalue weighted by Gasteiger charge is 2.27. The number of nitrogens with two attached hydrogens (primary N) is 1. The van der Waals surface area contributed by atoms with Crippen molar-refractivity contribution in [1.29, 1.82) is 0 Å². The zero-order valence-corrected chi connectivity index (χ0v) is 5.70. The van der Waals surface area contributed by atoms with Gasteiger partial charge in [-0.25, -0.2) is 0 Å². The molecule has 8 heavy (non-hydrogen) atoms. The Morgan fingerprint density at radius 3 is 1.88 bits per heavy atom. The van der Waals surface area contributed by atoms with Gasteiger partial charge in [-0.2, -0.15) is 0 Å². The van der Waals surface area contributed by atoms with Gasteiger partial charge in [-0.1, -0.05) is 0 Å². The lowest BCUT2D eigenvalue weighted by Crippen LogP contribution is -2.40. The van der Waals surface area contributed by atoms with Gasteiger partial charge in [0.05, 0.1) is 0 Å². The maximum absolute atomic E-state index is 8.36. The van der Waals surface area contributed by atoms with Gasteiger partial charge in [-0.15, -0.1) is 0 Å². The molecule has 0 aromatic heterocycles. The summed E-state index contributed by atoms with van der Waals surface area (Å²) in [5, 5.41) is 0. The predicted molar refractivity (Wildman–Crippen MR) is 30.9 cm³/mol. The first kappa shape index (κ1) is 8.06. The molecule has 0 fully saturated rings. The zero-order valence-electron chi connectivity index (χ0n) is 4.70. The van der Waals surface area contributed by atoms with E-state index < -0.39 is 8.80 Å². The summed E-state index contributed by atoms with van der Waals surface area (Å²) in [7, 11) is -3.85. The van der Waals surface area contributed by atoms with E-state index in [1.54, 1.807) is 6.92 Å². The van der Waals surface area contributed by atoms with E-state index in [2.05, 4.69) is 0 Å². The Bertz CT molecular complexity index is 69.4. The van der Waals surface area contributed by atoms with Gasteiger partial charge in [-0.05, 0) is 6.92 Å². The van der Waals surface area contributed by atoms with Crippen LogP contribution in [0, 0.1) is 0 Å². The van der Waals surface area contributed by atoms with Crippen molar-refractivity contribution in [2.45, 2.75) is 19.0 Å². The molecule has 0 aliphatic carbocycles. The minimum Gasteiger partial charge on any atom is -0.390 e. The van der Waals surface area contributed by atoms with Crippen LogP contribution in [0.3, 0.4) is 0 Å². The van der Waals surface area contributed by atoms with Gasteiger partial charge in [0.1, 0.15) is 0 Å². The average molecular weight is 137 g/mol. The number of hydrogen-bond donors (Lipinski definition) is 4. The van der Waals surface area contributed by atoms with Crippen LogP contribution in [-0.4, -0.2) is 29.2 Å². The van der Waals surface area contributed by atoms with Gasteiger partial charge in [-0.3, -0.25) is 0 Å². The van der Waals surface area contributed by atoms with Gasteiger partial charge in [0.25, 0.3) is 0 Å². The normalized spacial score (nSPS) is 16.1. The van der Waals surface area contributed by atoms with Crippen molar-refractivity contribution < 1.29 is 14.4 Å². The third-order valence-corrected chi connectivity index (χ3v) is 1.79. The van der Waals surface area contributed by atoms with Crippen LogP contribution < -0.4 is 5.73 Å². The molecule has 5 heteroatoms. The van der Waals surface area contributed by atoms with Gasteiger partial charge >= 0.3 is 8.80 Å². The van der Waals surface area contributed by atoms with Crippen molar-refractivity contribution in [2.75, 3.05) is 0 Å². The second-order valence-corrected chi connectivity index (χ2v) is 3.91. The lowest BCUT2D eigenvalue weighted by Gasteiger charge is -2.10. The SMILES string of the molecule is CC(N)C[Si](O)(O)O. The minimum absolute atomic E-state index is 0.0903. The molecule has 0 heterocycles. The summed E-state index contributed by atoms with van der Waals surface area (Å²) in [6.45, 7) is 1.60. The van der Waals surface area contributed by atoms with E-state index in [9.17, 15) is 0 Å². The van der Waals surface area contributed by atoms with E-state index >= 15 is 0 Å². The number of hydrogen-bond acceptors (Lipinski definition) is 4. The molecule has 0 rings (SSSR count). The van der Waals surface area contributed by atoms with Crippen molar-refractivity contribution in [3.8, 4) is 0 Å². The van der Waals surface area contributed by atoms with Crippen LogP contribution >= 0.6 is 0 Å². The molecule has 0 aliphatic rings. The molecule has 0 bridgehead atoms. The molecule has 0 spiro atoms. The quantitative estimate of drug-likeness (QED) is 0.340. The third kappa shape index (κ3) is 6.06. The van der Waals surface area contributed by atoms with Crippen molar-refractivity contribution in [3.63, 3.8) is 0 Å². The molecule has 0 saturated heterocycles. The monoisotopic (exact) mass is 137 g/mol. The molecule has 50 valence electrons. The van der Waals surface area contributed by atoms with E-state index in [0.29, 0.717) is 0 Å². The Morgan fingerprint density at radius 2 is 1.88 bits per heavy atom. The van der Waals surface area contributed by atoms with Gasteiger partial charge in [0.2, 0.25) is 0 Å². The van der Waals surface area contributed by atoms with Crippen LogP contribution in [-0.2, 0) is 0 Å². The van der Waals surface area contributed by atoms with Crippen molar-refractivity contribution in [3.05, 3.63) is 0 Å². The van der Waals surface area contributed by atoms with Crippen LogP contribution in [0.25, 0.3) is 0 Å². The fraction of sp³-hybridized carbons (Fsp3) is 1.00. The molecule has 0 amide bonds. The largest absolute Gasteiger partial charge is 0.494 e. The second kappa shape index (κ2) is 2.56. The summed E-state index contributed by atoms with van der Waals surface area (Å²) in [5.41, 5.74) is 5.13. The summed E-state index contributed by atoms with van der Waals surface area (Å²) >= 11 is 0. The highest BCUT2D eigenvalue weighted by atomic mass is 28.4. The summed E-state index contributed by atoms with van der Waals surface area (Å²) in [4.78, 5) is 25.1. The smallest absolute Gasteiger partial charge is 0.390 e. The van der Waals surface area contributed by atoms with Crippen LogP contribution in [0.5, 0.6) is 0 Å². The van der Waals surface area contributed by atoms with E-state index in [1.165, 1.54) is 0 Å². The first-order valence-electron chi connectivity index (χ1n) is 2.34. The Kier molecular flexibility index (Phi) is 2.58. The van der Waals surface area contributed by atoms with E-state index in [-0.39, 0.29) is 12.1 Å². The Morgan fingerprint density at radius 1 is 1.50 bits per heavy atom. The summed E-state index contributed by atoms with van der Waals surface area (Å²) < 4.78 is 0. The van der Waals surface area contributed by atoms with Crippen molar-refractivity contribution in [2.24, 2.45) is 5.73 Å². The zero-order chi connectivity index (χ0) is 6.78. The van der Waals surface area contributed by atoms with Gasteiger partial charge < -0.3 is 20.1 Å². The van der Waals surface area contributed by atoms with Crippen LogP contribution in [0.15, 0.2) is 0 Å². The molecule has 0 saturated carbocycles. The minimum atomic E-state index is -3.85. The van der Waals surface area contributed by atoms with Crippen molar-refractivity contribution in [1.82, 2.24) is 0 Å². The summed E-state index contributed by atoms with van der Waals surface area (Å²) in [6, 6.07) is -0.436. The molecule has 5 N–H and O–H groups in total. The molecular weight excluding hydrogens is 126 g/mol. The van der Waals surface area contributed by atoms with Gasteiger partial charge in [0.15, 0.2) is 0 Å². The van der Waals surface area contributed by atoms with E-state index in [0.717, 1.165) is 0 Å². The number of rotatable bonds is 2. The Hall–Kier alpha value is 0.0569. The Labute approximate surface area is 48.9 Å². The van der Waals surface area contributed by atoms with E-state index in [1.807, 2.05) is 0 Å². The molecular formula is C3H11NO3Si. The standard InChI is InChI=1S/C3H11NO3Si/c1-3(4)2-8(5,6)7/h3,5-7H,2,4H2,1H3. The first-order chi connectivity index (χ1) is 3.42. The molecule has 0 aromatic carbocycles. The van der Waals surface area contributed by atoms with Gasteiger partial charge in [0, 0.05) is 12.1 Å². The fourth-order valence-corrected chi connectivity index (χ4v) is 1.30. The maximum Gasteiger partial charge on any atom is 0.494 e. The van der Waals surface area contributed by atoms with Crippen LogP contribution in [0.2, 0.25) is 6.04 Å². The fourth-order valence-electron chi connectivity index (χ4n) is 0.432. The molecule has 4 nitrogen and oxygen atoms in total. The van der Waals surface area contributed by atoms with Crippen LogP contribution in [0.4, 0.5) is 0 Å². The molecule has 0 aliphatic heterocycles. The average Bonchev–Trinajstić information content (AvgIpc) is 1.21. The maximum atomic E-state index is 8.36. The molecule has 1 atom stereocenters. The topological polar surface area (TPSA) is 86.7 Å². The third-order valence-electron chi connectivity index (χ3n) is 0.596. The highest BCUT2D eigenvalue weighted by molar-refractivity contribution is 6.56. The Balaban J connectivity index is 3.39. The lowest BCUT2D eigenvalue weighted by atomic mass is 10.4. The summed E-state index contributed by atoms with van der Waals surface area (Å²) in [6.07, 6.45) is 0. The van der Waals surface area contributed by atoms with Crippen LogP contribution in [0.1, 0.15) is 6.92 Å².